The second kappa shape index (κ2) is 5.36. The highest BCUT2D eigenvalue weighted by Crippen LogP contribution is 2.60. The van der Waals surface area contributed by atoms with Crippen LogP contribution in [0.3, 0.4) is 0 Å². The number of nitriles is 1. The van der Waals surface area contributed by atoms with Crippen molar-refractivity contribution in [3.05, 3.63) is 39.9 Å². The first-order valence-corrected chi connectivity index (χ1v) is 8.88. The van der Waals surface area contributed by atoms with Crippen LogP contribution in [0.4, 0.5) is 8.78 Å². The molecule has 1 saturated carbocycles. The van der Waals surface area contributed by atoms with Crippen molar-refractivity contribution in [1.29, 1.82) is 5.26 Å². The van der Waals surface area contributed by atoms with Crippen LogP contribution >= 0.6 is 11.8 Å². The van der Waals surface area contributed by atoms with Crippen LogP contribution in [-0.4, -0.2) is 26.2 Å². The fourth-order valence-electron chi connectivity index (χ4n) is 3.08. The van der Waals surface area contributed by atoms with E-state index in [2.05, 4.69) is 9.97 Å². The van der Waals surface area contributed by atoms with Crippen molar-refractivity contribution in [3.63, 3.8) is 0 Å². The van der Waals surface area contributed by atoms with Gasteiger partial charge in [-0.25, -0.2) is 13.8 Å². The summed E-state index contributed by atoms with van der Waals surface area (Å²) in [6.07, 6.45) is 2.06. The molecule has 0 spiro atoms. The van der Waals surface area contributed by atoms with Gasteiger partial charge in [-0.15, -0.1) is 0 Å². The van der Waals surface area contributed by atoms with E-state index in [1.807, 2.05) is 6.07 Å². The second-order valence-corrected chi connectivity index (χ2v) is 7.60. The summed E-state index contributed by atoms with van der Waals surface area (Å²) in [5.74, 6) is -1.87. The van der Waals surface area contributed by atoms with Gasteiger partial charge in [0.15, 0.2) is 5.16 Å². The average Bonchev–Trinajstić information content (AvgIpc) is 3.14. The van der Waals surface area contributed by atoms with Crippen LogP contribution in [0.5, 0.6) is 0 Å². The minimum absolute atomic E-state index is 0.0382. The Morgan fingerprint density at radius 2 is 2.16 bits per heavy atom. The maximum Gasteiger partial charge on any atom is 0.272 e. The molecule has 0 N–H and O–H groups in total. The van der Waals surface area contributed by atoms with Gasteiger partial charge in [-0.05, 0) is 25.5 Å². The predicted molar refractivity (Wildman–Crippen MR) is 88.7 cm³/mol. The lowest BCUT2D eigenvalue weighted by molar-refractivity contribution is 0.0910. The molecule has 1 atom stereocenters. The van der Waals surface area contributed by atoms with Gasteiger partial charge in [0.2, 0.25) is 0 Å². The zero-order valence-corrected chi connectivity index (χ0v) is 14.2. The quantitative estimate of drug-likeness (QED) is 0.770. The minimum atomic E-state index is -2.74. The van der Waals surface area contributed by atoms with Crippen LogP contribution in [-0.2, 0) is 12.0 Å². The Labute approximate surface area is 146 Å². The van der Waals surface area contributed by atoms with Crippen LogP contribution in [0.25, 0.3) is 11.3 Å². The van der Waals surface area contributed by atoms with Gasteiger partial charge in [-0.1, -0.05) is 11.8 Å². The van der Waals surface area contributed by atoms with Gasteiger partial charge in [-0.2, -0.15) is 5.26 Å². The summed E-state index contributed by atoms with van der Waals surface area (Å²) in [5.41, 5.74) is -0.575. The fourth-order valence-corrected chi connectivity index (χ4v) is 4.02. The summed E-state index contributed by atoms with van der Waals surface area (Å²) >= 11 is 1.47. The molecule has 1 fully saturated rings. The normalized spacial score (nSPS) is 23.6. The van der Waals surface area contributed by atoms with Crippen LogP contribution < -0.4 is 5.56 Å². The molecule has 1 unspecified atom stereocenters. The number of pyridine rings is 1. The van der Waals surface area contributed by atoms with E-state index in [0.29, 0.717) is 23.0 Å². The monoisotopic (exact) mass is 360 g/mol. The third-order valence-electron chi connectivity index (χ3n) is 4.86. The first-order chi connectivity index (χ1) is 11.9. The van der Waals surface area contributed by atoms with Gasteiger partial charge >= 0.3 is 0 Å². The summed E-state index contributed by atoms with van der Waals surface area (Å²) in [6.45, 7) is 2.03. The first kappa shape index (κ1) is 16.2. The third kappa shape index (κ3) is 2.37. The maximum absolute atomic E-state index is 13.5. The first-order valence-electron chi connectivity index (χ1n) is 7.90. The lowest BCUT2D eigenvalue weighted by Gasteiger charge is -2.18. The van der Waals surface area contributed by atoms with Crippen molar-refractivity contribution in [1.82, 2.24) is 14.5 Å². The van der Waals surface area contributed by atoms with Gasteiger partial charge in [0.05, 0.1) is 16.8 Å². The molecule has 0 radical (unpaired) electrons. The molecule has 4 rings (SSSR count). The highest BCUT2D eigenvalue weighted by Gasteiger charge is 2.69. The standard InChI is InChI=1S/C17H14F2N4OS/c1-16(9-17(16,18)19)12-4-3-10(8-21-12)13-11(7-20)14(24)23-5-2-6-25-15(23)22-13/h3-4,8H,2,5-6,9H2,1H3. The molecule has 8 heteroatoms. The maximum atomic E-state index is 13.5. The smallest absolute Gasteiger partial charge is 0.272 e. The Hall–Kier alpha value is -2.27. The van der Waals surface area contributed by atoms with Crippen molar-refractivity contribution in [2.75, 3.05) is 5.75 Å². The number of hydrogen-bond acceptors (Lipinski definition) is 5. The van der Waals surface area contributed by atoms with Gasteiger partial charge in [-0.3, -0.25) is 14.3 Å². The van der Waals surface area contributed by atoms with Crippen LogP contribution in [0, 0.1) is 11.3 Å². The molecule has 25 heavy (non-hydrogen) atoms. The average molecular weight is 360 g/mol. The van der Waals surface area contributed by atoms with Crippen LogP contribution in [0.15, 0.2) is 28.3 Å². The number of alkyl halides is 2. The number of halogens is 2. The number of aromatic nitrogens is 3. The van der Waals surface area contributed by atoms with E-state index >= 15 is 0 Å². The van der Waals surface area contributed by atoms with Crippen molar-refractivity contribution >= 4 is 11.8 Å². The molecule has 0 amide bonds. The van der Waals surface area contributed by atoms with E-state index in [4.69, 9.17) is 0 Å². The fraction of sp³-hybridized carbons (Fsp3) is 0.412. The third-order valence-corrected chi connectivity index (χ3v) is 5.93. The van der Waals surface area contributed by atoms with Crippen molar-refractivity contribution in [2.24, 2.45) is 0 Å². The molecule has 0 aromatic carbocycles. The number of nitrogens with zero attached hydrogens (tertiary/aromatic N) is 4. The van der Waals surface area contributed by atoms with Crippen molar-refractivity contribution in [3.8, 4) is 17.3 Å². The Kier molecular flexibility index (Phi) is 3.48. The molecule has 2 aromatic rings. The molecule has 1 aliphatic carbocycles. The molecular formula is C17H14F2N4OS. The number of hydrogen-bond donors (Lipinski definition) is 0. The molecule has 0 bridgehead atoms. The number of thioether (sulfide) groups is 1. The summed E-state index contributed by atoms with van der Waals surface area (Å²) in [5, 5.41) is 9.97. The zero-order valence-electron chi connectivity index (χ0n) is 13.4. The number of fused-ring (bicyclic) bond motifs is 1. The van der Waals surface area contributed by atoms with Gasteiger partial charge in [0, 0.05) is 30.5 Å². The second-order valence-electron chi connectivity index (χ2n) is 6.53. The van der Waals surface area contributed by atoms with Crippen molar-refractivity contribution in [2.45, 2.75) is 42.8 Å². The largest absolute Gasteiger partial charge is 0.286 e. The van der Waals surface area contributed by atoms with E-state index in [1.165, 1.54) is 35.5 Å². The Morgan fingerprint density at radius 1 is 1.40 bits per heavy atom. The predicted octanol–water partition coefficient (Wildman–Crippen LogP) is 2.97. The molecule has 1 aliphatic heterocycles. The van der Waals surface area contributed by atoms with E-state index < -0.39 is 11.3 Å². The topological polar surface area (TPSA) is 71.6 Å². The Bertz CT molecular complexity index is 964. The lowest BCUT2D eigenvalue weighted by Crippen LogP contribution is -2.29. The highest BCUT2D eigenvalue weighted by molar-refractivity contribution is 7.99. The lowest BCUT2D eigenvalue weighted by atomic mass is 10.0. The zero-order chi connectivity index (χ0) is 17.8. The molecule has 2 aromatic heterocycles. The molecule has 3 heterocycles. The van der Waals surface area contributed by atoms with Crippen LogP contribution in [0.2, 0.25) is 0 Å². The summed E-state index contributed by atoms with van der Waals surface area (Å²) in [7, 11) is 0. The molecular weight excluding hydrogens is 346 g/mol. The summed E-state index contributed by atoms with van der Waals surface area (Å²) < 4.78 is 28.5. The highest BCUT2D eigenvalue weighted by atomic mass is 32.2. The summed E-state index contributed by atoms with van der Waals surface area (Å²) in [4.78, 5) is 21.2. The van der Waals surface area contributed by atoms with E-state index in [1.54, 1.807) is 6.07 Å². The Balaban J connectivity index is 1.79. The van der Waals surface area contributed by atoms with Crippen LogP contribution in [0.1, 0.15) is 31.0 Å². The number of rotatable bonds is 2. The molecule has 0 saturated heterocycles. The van der Waals surface area contributed by atoms with Gasteiger partial charge < -0.3 is 0 Å². The Morgan fingerprint density at radius 3 is 2.76 bits per heavy atom. The minimum Gasteiger partial charge on any atom is -0.286 e. The molecule has 5 nitrogen and oxygen atoms in total. The van der Waals surface area contributed by atoms with E-state index in [9.17, 15) is 18.8 Å². The van der Waals surface area contributed by atoms with Gasteiger partial charge in [0.1, 0.15) is 11.6 Å². The van der Waals surface area contributed by atoms with Gasteiger partial charge in [0.25, 0.3) is 11.5 Å². The van der Waals surface area contributed by atoms with E-state index in [-0.39, 0.29) is 23.2 Å². The summed E-state index contributed by atoms with van der Waals surface area (Å²) in [6, 6.07) is 5.07. The van der Waals surface area contributed by atoms with Crippen molar-refractivity contribution < 1.29 is 8.78 Å². The molecule has 2 aliphatic rings. The SMILES string of the molecule is CC1(c2ccc(-c3nc4n(c(=O)c3C#N)CCCS4)cn2)CC1(F)F. The van der Waals surface area contributed by atoms with E-state index in [0.717, 1.165) is 12.2 Å². The molecule has 128 valence electrons.